The van der Waals surface area contributed by atoms with Crippen molar-refractivity contribution < 1.29 is 17.9 Å². The Morgan fingerprint density at radius 1 is 1.03 bits per heavy atom. The number of amides is 1. The smallest absolute Gasteiger partial charge is 0.251 e. The predicted molar refractivity (Wildman–Crippen MR) is 132 cm³/mol. The molecule has 7 nitrogen and oxygen atoms in total. The highest BCUT2D eigenvalue weighted by Crippen LogP contribution is 2.22. The summed E-state index contributed by atoms with van der Waals surface area (Å²) in [5, 5.41) is 3.11. The number of nitrogens with zero attached hydrogens (tertiary/aromatic N) is 2. The van der Waals surface area contributed by atoms with Gasteiger partial charge in [-0.2, -0.15) is 4.31 Å². The van der Waals surface area contributed by atoms with Gasteiger partial charge in [0, 0.05) is 44.3 Å². The molecule has 2 unspecified atom stereocenters. The number of likely N-dealkylation sites (tertiary alicyclic amines) is 1. The van der Waals surface area contributed by atoms with Crippen LogP contribution < -0.4 is 5.32 Å². The summed E-state index contributed by atoms with van der Waals surface area (Å²) >= 11 is 0. The maximum atomic E-state index is 13.2. The molecule has 4 rings (SSSR count). The summed E-state index contributed by atoms with van der Waals surface area (Å²) in [6, 6.07) is 15.0. The number of piperidine rings is 1. The van der Waals surface area contributed by atoms with Crippen LogP contribution in [0.2, 0.25) is 0 Å². The SMILES string of the molecule is Cc1cccc(CN2CCC(NC(=O)c3cccc(S(=O)(=O)N4CC(C)OC(C)C4)c3)CC2)c1. The Bertz CT molecular complexity index is 1100. The van der Waals surface area contributed by atoms with E-state index in [-0.39, 0.29) is 29.1 Å². The van der Waals surface area contributed by atoms with E-state index in [4.69, 9.17) is 4.74 Å². The molecule has 184 valence electrons. The lowest BCUT2D eigenvalue weighted by molar-refractivity contribution is -0.0440. The largest absolute Gasteiger partial charge is 0.373 e. The van der Waals surface area contributed by atoms with Crippen molar-refractivity contribution in [2.45, 2.75) is 63.3 Å². The second kappa shape index (κ2) is 10.6. The molecular formula is C26H35N3O4S. The van der Waals surface area contributed by atoms with Crippen molar-refractivity contribution in [1.82, 2.24) is 14.5 Å². The minimum Gasteiger partial charge on any atom is -0.373 e. The zero-order chi connectivity index (χ0) is 24.3. The summed E-state index contributed by atoms with van der Waals surface area (Å²) in [7, 11) is -3.69. The summed E-state index contributed by atoms with van der Waals surface area (Å²) in [6.07, 6.45) is 1.42. The molecule has 0 aliphatic carbocycles. The van der Waals surface area contributed by atoms with Gasteiger partial charge in [0.25, 0.3) is 5.91 Å². The normalized spacial score (nSPS) is 23.0. The van der Waals surface area contributed by atoms with Crippen LogP contribution >= 0.6 is 0 Å². The first-order valence-electron chi connectivity index (χ1n) is 12.0. The number of aryl methyl sites for hydroxylation is 1. The standard InChI is InChI=1S/C26H35N3O4S/c1-19-6-4-7-22(14-19)18-28-12-10-24(11-13-28)27-26(30)23-8-5-9-25(15-23)34(31,32)29-16-20(2)33-21(3)17-29/h4-9,14-15,20-21,24H,10-13,16-18H2,1-3H3,(H,27,30). The number of rotatable bonds is 6. The molecule has 0 bridgehead atoms. The number of carbonyl (C=O) groups is 1. The number of hydrogen-bond donors (Lipinski definition) is 1. The van der Waals surface area contributed by atoms with Crippen LogP contribution in [0, 0.1) is 6.92 Å². The lowest BCUT2D eigenvalue weighted by Crippen LogP contribution is -2.48. The summed E-state index contributed by atoms with van der Waals surface area (Å²) in [4.78, 5) is 15.5. The fraction of sp³-hybridized carbons (Fsp3) is 0.500. The van der Waals surface area contributed by atoms with Crippen molar-refractivity contribution >= 4 is 15.9 Å². The third-order valence-electron chi connectivity index (χ3n) is 6.53. The molecule has 2 aliphatic rings. The molecule has 2 heterocycles. The van der Waals surface area contributed by atoms with Crippen molar-refractivity contribution in [3.05, 3.63) is 65.2 Å². The van der Waals surface area contributed by atoms with Gasteiger partial charge in [-0.1, -0.05) is 35.9 Å². The number of ether oxygens (including phenoxy) is 1. The van der Waals surface area contributed by atoms with Crippen LogP contribution in [0.4, 0.5) is 0 Å². The molecule has 8 heteroatoms. The molecule has 0 aromatic heterocycles. The molecule has 2 atom stereocenters. The van der Waals surface area contributed by atoms with Gasteiger partial charge >= 0.3 is 0 Å². The van der Waals surface area contributed by atoms with Crippen molar-refractivity contribution in [2.24, 2.45) is 0 Å². The van der Waals surface area contributed by atoms with Gasteiger partial charge in [0.2, 0.25) is 10.0 Å². The maximum Gasteiger partial charge on any atom is 0.251 e. The van der Waals surface area contributed by atoms with E-state index in [1.54, 1.807) is 18.2 Å². The monoisotopic (exact) mass is 485 g/mol. The third kappa shape index (κ3) is 6.05. The first-order valence-corrected chi connectivity index (χ1v) is 13.5. The lowest BCUT2D eigenvalue weighted by Gasteiger charge is -2.34. The number of morpholine rings is 1. The highest BCUT2D eigenvalue weighted by Gasteiger charge is 2.32. The molecule has 0 saturated carbocycles. The summed E-state index contributed by atoms with van der Waals surface area (Å²) in [5.74, 6) is -0.224. The Morgan fingerprint density at radius 2 is 1.71 bits per heavy atom. The van der Waals surface area contributed by atoms with Crippen LogP contribution in [-0.2, 0) is 21.3 Å². The van der Waals surface area contributed by atoms with Crippen molar-refractivity contribution in [3.8, 4) is 0 Å². The molecule has 1 N–H and O–H groups in total. The molecule has 2 fully saturated rings. The zero-order valence-corrected chi connectivity index (χ0v) is 21.1. The van der Waals surface area contributed by atoms with Gasteiger partial charge in [-0.05, 0) is 57.4 Å². The van der Waals surface area contributed by atoms with E-state index >= 15 is 0 Å². The average Bonchev–Trinajstić information content (AvgIpc) is 2.80. The zero-order valence-electron chi connectivity index (χ0n) is 20.2. The highest BCUT2D eigenvalue weighted by molar-refractivity contribution is 7.89. The molecule has 0 spiro atoms. The van der Waals surface area contributed by atoms with E-state index in [1.807, 2.05) is 13.8 Å². The van der Waals surface area contributed by atoms with E-state index < -0.39 is 10.0 Å². The molecule has 1 amide bonds. The Balaban J connectivity index is 1.35. The molecule has 0 radical (unpaired) electrons. The number of nitrogens with one attached hydrogen (secondary N) is 1. The van der Waals surface area contributed by atoms with Gasteiger partial charge in [0.15, 0.2) is 0 Å². The fourth-order valence-electron chi connectivity index (χ4n) is 4.85. The van der Waals surface area contributed by atoms with Crippen molar-refractivity contribution in [3.63, 3.8) is 0 Å². The minimum atomic E-state index is -3.69. The quantitative estimate of drug-likeness (QED) is 0.680. The van der Waals surface area contributed by atoms with Crippen LogP contribution in [0.3, 0.4) is 0 Å². The Hall–Kier alpha value is -2.26. The van der Waals surface area contributed by atoms with Gasteiger partial charge in [0.1, 0.15) is 0 Å². The summed E-state index contributed by atoms with van der Waals surface area (Å²) in [5.41, 5.74) is 2.95. The van der Waals surface area contributed by atoms with Crippen LogP contribution in [0.15, 0.2) is 53.4 Å². The van der Waals surface area contributed by atoms with Gasteiger partial charge < -0.3 is 10.1 Å². The average molecular weight is 486 g/mol. The molecule has 2 aliphatic heterocycles. The first-order chi connectivity index (χ1) is 16.2. The lowest BCUT2D eigenvalue weighted by atomic mass is 10.0. The molecule has 2 aromatic carbocycles. The molecule has 2 saturated heterocycles. The van der Waals surface area contributed by atoms with Crippen molar-refractivity contribution in [2.75, 3.05) is 26.2 Å². The molecule has 2 aromatic rings. The van der Waals surface area contributed by atoms with Crippen LogP contribution in [-0.4, -0.2) is 68.0 Å². The molecule has 34 heavy (non-hydrogen) atoms. The van der Waals surface area contributed by atoms with Crippen molar-refractivity contribution in [1.29, 1.82) is 0 Å². The number of hydrogen-bond acceptors (Lipinski definition) is 5. The topological polar surface area (TPSA) is 79.0 Å². The third-order valence-corrected chi connectivity index (χ3v) is 8.36. The fourth-order valence-corrected chi connectivity index (χ4v) is 6.48. The number of benzene rings is 2. The Kier molecular flexibility index (Phi) is 7.72. The van der Waals surface area contributed by atoms with E-state index in [2.05, 4.69) is 41.4 Å². The maximum absolute atomic E-state index is 13.2. The Labute approximate surface area is 203 Å². The predicted octanol–water partition coefficient (Wildman–Crippen LogP) is 3.19. The van der Waals surface area contributed by atoms with E-state index in [9.17, 15) is 13.2 Å². The van der Waals surface area contributed by atoms with E-state index in [1.165, 1.54) is 21.5 Å². The Morgan fingerprint density at radius 3 is 2.38 bits per heavy atom. The highest BCUT2D eigenvalue weighted by atomic mass is 32.2. The van der Waals surface area contributed by atoms with Gasteiger partial charge in [0.05, 0.1) is 17.1 Å². The summed E-state index contributed by atoms with van der Waals surface area (Å²) in [6.45, 7) is 9.22. The number of carbonyl (C=O) groups excluding carboxylic acids is 1. The second-order valence-electron chi connectivity index (χ2n) is 9.62. The second-order valence-corrected chi connectivity index (χ2v) is 11.6. The van der Waals surface area contributed by atoms with Gasteiger partial charge in [-0.25, -0.2) is 8.42 Å². The number of sulfonamides is 1. The van der Waals surface area contributed by atoms with E-state index in [0.29, 0.717) is 18.7 Å². The first kappa shape index (κ1) is 24.9. The van der Waals surface area contributed by atoms with E-state index in [0.717, 1.165) is 32.5 Å². The minimum absolute atomic E-state index is 0.0856. The van der Waals surface area contributed by atoms with Crippen LogP contribution in [0.25, 0.3) is 0 Å². The van der Waals surface area contributed by atoms with Gasteiger partial charge in [-0.15, -0.1) is 0 Å². The van der Waals surface area contributed by atoms with Crippen LogP contribution in [0.5, 0.6) is 0 Å². The van der Waals surface area contributed by atoms with Gasteiger partial charge in [-0.3, -0.25) is 9.69 Å². The summed E-state index contributed by atoms with van der Waals surface area (Å²) < 4.78 is 33.5. The van der Waals surface area contributed by atoms with Crippen LogP contribution in [0.1, 0.15) is 48.2 Å². The molecular weight excluding hydrogens is 450 g/mol.